The van der Waals surface area contributed by atoms with Gasteiger partial charge < -0.3 is 9.47 Å². The van der Waals surface area contributed by atoms with Gasteiger partial charge in [0.25, 0.3) is 5.56 Å². The Kier molecular flexibility index (Phi) is 4.91. The second-order valence-corrected chi connectivity index (χ2v) is 7.56. The summed E-state index contributed by atoms with van der Waals surface area (Å²) in [6.07, 6.45) is 0. The molecular weight excluding hydrogens is 356 g/mol. The third-order valence-corrected chi connectivity index (χ3v) is 5.57. The number of hydrogen-bond donors (Lipinski definition) is 0. The Labute approximate surface area is 163 Å². The molecule has 8 heteroatoms. The molecule has 1 aliphatic rings. The average Bonchev–Trinajstić information content (AvgIpc) is 3.05. The molecule has 0 bridgehead atoms. The minimum absolute atomic E-state index is 0.300. The number of fused-ring (bicyclic) bond motifs is 1. The molecule has 28 heavy (non-hydrogen) atoms. The number of nitrogens with zero attached hydrogens (tertiary/aromatic N) is 6. The molecule has 3 aromatic rings. The average molecular weight is 382 g/mol. The SMILES string of the molecule is CN1CCN(Cc2nc3c(c(=O)n(C)c(=O)n3C)n2Cc2ccccc2)CC1. The fourth-order valence-corrected chi connectivity index (χ4v) is 3.75. The summed E-state index contributed by atoms with van der Waals surface area (Å²) in [6.45, 7) is 5.16. The maximum Gasteiger partial charge on any atom is 0.332 e. The number of likely N-dealkylation sites (N-methyl/N-ethyl adjacent to an activating group) is 1. The van der Waals surface area contributed by atoms with Crippen LogP contribution in [0.15, 0.2) is 39.9 Å². The van der Waals surface area contributed by atoms with E-state index >= 15 is 0 Å². The summed E-state index contributed by atoms with van der Waals surface area (Å²) in [5.74, 6) is 0.821. The number of imidazole rings is 1. The van der Waals surface area contributed by atoms with E-state index in [4.69, 9.17) is 4.98 Å². The molecule has 3 heterocycles. The number of aromatic nitrogens is 4. The lowest BCUT2D eigenvalue weighted by Gasteiger charge is -2.32. The Morgan fingerprint density at radius 3 is 2.25 bits per heavy atom. The predicted octanol–water partition coefficient (Wildman–Crippen LogP) is 0.229. The first kappa shape index (κ1) is 18.6. The molecule has 1 aromatic carbocycles. The van der Waals surface area contributed by atoms with Crippen molar-refractivity contribution in [3.05, 3.63) is 62.6 Å². The first-order valence-corrected chi connectivity index (χ1v) is 9.55. The van der Waals surface area contributed by atoms with Crippen molar-refractivity contribution < 1.29 is 0 Å². The van der Waals surface area contributed by atoms with Gasteiger partial charge in [-0.25, -0.2) is 9.78 Å². The quantitative estimate of drug-likeness (QED) is 0.646. The lowest BCUT2D eigenvalue weighted by Crippen LogP contribution is -2.44. The summed E-state index contributed by atoms with van der Waals surface area (Å²) in [4.78, 5) is 34.7. The van der Waals surface area contributed by atoms with Crippen molar-refractivity contribution in [1.29, 1.82) is 0 Å². The molecule has 0 aliphatic carbocycles. The Hall–Kier alpha value is -2.71. The fourth-order valence-electron chi connectivity index (χ4n) is 3.75. The topological polar surface area (TPSA) is 68.3 Å². The zero-order valence-corrected chi connectivity index (χ0v) is 16.6. The Balaban J connectivity index is 1.84. The molecule has 0 atom stereocenters. The Morgan fingerprint density at radius 1 is 0.893 bits per heavy atom. The van der Waals surface area contributed by atoms with Crippen molar-refractivity contribution in [2.24, 2.45) is 14.1 Å². The van der Waals surface area contributed by atoms with Crippen LogP contribution in [0.5, 0.6) is 0 Å². The van der Waals surface area contributed by atoms with Gasteiger partial charge in [0, 0.05) is 46.8 Å². The van der Waals surface area contributed by atoms with Crippen molar-refractivity contribution in [1.82, 2.24) is 28.5 Å². The summed E-state index contributed by atoms with van der Waals surface area (Å²) < 4.78 is 4.60. The van der Waals surface area contributed by atoms with Crippen LogP contribution in [0.25, 0.3) is 11.2 Å². The highest BCUT2D eigenvalue weighted by Crippen LogP contribution is 2.16. The van der Waals surface area contributed by atoms with Gasteiger partial charge in [-0.2, -0.15) is 0 Å². The van der Waals surface area contributed by atoms with Crippen molar-refractivity contribution in [3.63, 3.8) is 0 Å². The van der Waals surface area contributed by atoms with Crippen molar-refractivity contribution >= 4 is 11.2 Å². The fraction of sp³-hybridized carbons (Fsp3) is 0.450. The summed E-state index contributed by atoms with van der Waals surface area (Å²) >= 11 is 0. The lowest BCUT2D eigenvalue weighted by atomic mass is 10.2. The Morgan fingerprint density at radius 2 is 1.57 bits per heavy atom. The van der Waals surface area contributed by atoms with Crippen molar-refractivity contribution in [2.45, 2.75) is 13.1 Å². The number of rotatable bonds is 4. The molecule has 0 radical (unpaired) electrons. The minimum atomic E-state index is -0.354. The van der Waals surface area contributed by atoms with Gasteiger partial charge in [0.1, 0.15) is 5.82 Å². The molecule has 8 nitrogen and oxygen atoms in total. The predicted molar refractivity (Wildman–Crippen MR) is 109 cm³/mol. The Bertz CT molecular complexity index is 1100. The molecule has 1 aliphatic heterocycles. The first-order chi connectivity index (χ1) is 13.5. The second kappa shape index (κ2) is 7.37. The van der Waals surface area contributed by atoms with E-state index in [1.54, 1.807) is 7.05 Å². The molecule has 1 fully saturated rings. The van der Waals surface area contributed by atoms with Gasteiger partial charge in [0.2, 0.25) is 0 Å². The van der Waals surface area contributed by atoms with E-state index in [0.29, 0.717) is 24.3 Å². The van der Waals surface area contributed by atoms with Crippen molar-refractivity contribution in [3.8, 4) is 0 Å². The van der Waals surface area contributed by atoms with Gasteiger partial charge in [-0.05, 0) is 12.6 Å². The van der Waals surface area contributed by atoms with Crippen LogP contribution in [0.1, 0.15) is 11.4 Å². The highest BCUT2D eigenvalue weighted by atomic mass is 16.2. The van der Waals surface area contributed by atoms with Gasteiger partial charge in [0.15, 0.2) is 11.2 Å². The first-order valence-electron chi connectivity index (χ1n) is 9.55. The van der Waals surface area contributed by atoms with E-state index in [9.17, 15) is 9.59 Å². The van der Waals surface area contributed by atoms with Crippen LogP contribution in [0.4, 0.5) is 0 Å². The molecular formula is C20H26N6O2. The molecule has 0 unspecified atom stereocenters. The highest BCUT2D eigenvalue weighted by Gasteiger charge is 2.22. The van der Waals surface area contributed by atoms with E-state index < -0.39 is 0 Å². The molecule has 2 aromatic heterocycles. The molecule has 0 N–H and O–H groups in total. The number of benzene rings is 1. The maximum atomic E-state index is 12.9. The molecule has 0 spiro atoms. The second-order valence-electron chi connectivity index (χ2n) is 7.56. The van der Waals surface area contributed by atoms with Gasteiger partial charge >= 0.3 is 5.69 Å². The van der Waals surface area contributed by atoms with Crippen molar-refractivity contribution in [2.75, 3.05) is 33.2 Å². The monoisotopic (exact) mass is 382 g/mol. The molecule has 148 valence electrons. The number of piperazine rings is 1. The minimum Gasteiger partial charge on any atom is -0.317 e. The number of aryl methyl sites for hydroxylation is 1. The van der Waals surface area contributed by atoms with Crippen LogP contribution >= 0.6 is 0 Å². The highest BCUT2D eigenvalue weighted by molar-refractivity contribution is 5.71. The van der Waals surface area contributed by atoms with Crippen LogP contribution in [-0.4, -0.2) is 61.7 Å². The summed E-state index contributed by atoms with van der Waals surface area (Å²) in [5.41, 5.74) is 1.38. The van der Waals surface area contributed by atoms with Gasteiger partial charge in [-0.3, -0.25) is 18.8 Å². The third-order valence-electron chi connectivity index (χ3n) is 5.57. The van der Waals surface area contributed by atoms with E-state index in [-0.39, 0.29) is 11.2 Å². The zero-order valence-electron chi connectivity index (χ0n) is 16.6. The van der Waals surface area contributed by atoms with Crippen LogP contribution in [0.3, 0.4) is 0 Å². The molecule has 1 saturated heterocycles. The van der Waals surface area contributed by atoms with Gasteiger partial charge in [-0.1, -0.05) is 30.3 Å². The molecule has 4 rings (SSSR count). The van der Waals surface area contributed by atoms with Crippen LogP contribution in [0, 0.1) is 0 Å². The lowest BCUT2D eigenvalue weighted by molar-refractivity contribution is 0.144. The van der Waals surface area contributed by atoms with E-state index in [2.05, 4.69) is 16.8 Å². The summed E-state index contributed by atoms with van der Waals surface area (Å²) in [7, 11) is 5.31. The van der Waals surface area contributed by atoms with E-state index in [0.717, 1.165) is 42.1 Å². The third kappa shape index (κ3) is 3.29. The van der Waals surface area contributed by atoms with E-state index in [1.807, 2.05) is 34.9 Å². The van der Waals surface area contributed by atoms with Gasteiger partial charge in [-0.15, -0.1) is 0 Å². The molecule has 0 saturated carbocycles. The smallest absolute Gasteiger partial charge is 0.317 e. The summed E-state index contributed by atoms with van der Waals surface area (Å²) in [6, 6.07) is 10.0. The zero-order chi connectivity index (χ0) is 19.8. The van der Waals surface area contributed by atoms with Crippen LogP contribution in [0.2, 0.25) is 0 Å². The largest absolute Gasteiger partial charge is 0.332 e. The number of hydrogen-bond acceptors (Lipinski definition) is 5. The van der Waals surface area contributed by atoms with Crippen LogP contribution in [-0.2, 0) is 27.2 Å². The van der Waals surface area contributed by atoms with Crippen LogP contribution < -0.4 is 11.2 Å². The standard InChI is InChI=1S/C20H26N6O2/c1-22-9-11-25(12-10-22)14-16-21-18-17(19(27)24(3)20(28)23(18)2)26(16)13-15-7-5-4-6-8-15/h4-8H,9-14H2,1-3H3. The summed E-state index contributed by atoms with van der Waals surface area (Å²) in [5, 5.41) is 0. The normalized spacial score (nSPS) is 16.1. The maximum absolute atomic E-state index is 12.9. The van der Waals surface area contributed by atoms with Gasteiger partial charge in [0.05, 0.1) is 6.54 Å². The molecule has 0 amide bonds. The van der Waals surface area contributed by atoms with E-state index in [1.165, 1.54) is 11.6 Å².